The molecule has 0 saturated carbocycles. The lowest BCUT2D eigenvalue weighted by atomic mass is 10.0. The van der Waals surface area contributed by atoms with E-state index in [2.05, 4.69) is 22.5 Å². The molecule has 0 radical (unpaired) electrons. The van der Waals surface area contributed by atoms with Crippen LogP contribution in [-0.2, 0) is 0 Å². The molecule has 1 aromatic rings. The minimum atomic E-state index is -0.578. The molecule has 24 heavy (non-hydrogen) atoms. The van der Waals surface area contributed by atoms with Gasteiger partial charge in [0.05, 0.1) is 4.92 Å². The number of benzene rings is 1. The van der Waals surface area contributed by atoms with E-state index in [9.17, 15) is 14.9 Å². The van der Waals surface area contributed by atoms with Gasteiger partial charge in [0, 0.05) is 30.9 Å². The summed E-state index contributed by atoms with van der Waals surface area (Å²) in [5.41, 5.74) is 0.113. The molecule has 8 heteroatoms. The van der Waals surface area contributed by atoms with Gasteiger partial charge in [0.25, 0.3) is 5.69 Å². The van der Waals surface area contributed by atoms with E-state index < -0.39 is 4.92 Å². The van der Waals surface area contributed by atoms with Crippen molar-refractivity contribution in [2.75, 3.05) is 25.0 Å². The fourth-order valence-electron chi connectivity index (χ4n) is 2.88. The lowest BCUT2D eigenvalue weighted by Gasteiger charge is -2.33. The van der Waals surface area contributed by atoms with Gasteiger partial charge in [0.15, 0.2) is 0 Å². The summed E-state index contributed by atoms with van der Waals surface area (Å²) in [5.74, 6) is 0. The van der Waals surface area contributed by atoms with E-state index in [4.69, 9.17) is 11.6 Å². The number of carbonyl (C=O) groups is 1. The van der Waals surface area contributed by atoms with Gasteiger partial charge in [-0.1, -0.05) is 18.0 Å². The van der Waals surface area contributed by atoms with Crippen LogP contribution in [-0.4, -0.2) is 41.5 Å². The summed E-state index contributed by atoms with van der Waals surface area (Å²) in [6.45, 7) is 4.90. The summed E-state index contributed by atoms with van der Waals surface area (Å²) < 4.78 is 0. The fourth-order valence-corrected chi connectivity index (χ4v) is 3.07. The average molecular weight is 355 g/mol. The van der Waals surface area contributed by atoms with Crippen molar-refractivity contribution >= 4 is 29.0 Å². The Morgan fingerprint density at radius 3 is 2.96 bits per heavy atom. The van der Waals surface area contributed by atoms with E-state index in [1.54, 1.807) is 0 Å². The molecule has 0 aliphatic carbocycles. The van der Waals surface area contributed by atoms with Crippen LogP contribution in [0.15, 0.2) is 18.2 Å². The number of nitro benzene ring substituents is 1. The maximum atomic E-state index is 11.9. The summed E-state index contributed by atoms with van der Waals surface area (Å²) >= 11 is 5.74. The van der Waals surface area contributed by atoms with Crippen LogP contribution in [0.3, 0.4) is 0 Å². The van der Waals surface area contributed by atoms with Crippen LogP contribution >= 0.6 is 11.6 Å². The Kier molecular flexibility index (Phi) is 6.81. The third kappa shape index (κ3) is 5.35. The summed E-state index contributed by atoms with van der Waals surface area (Å²) in [4.78, 5) is 24.6. The number of piperidine rings is 1. The molecule has 0 bridgehead atoms. The normalized spacial score (nSPS) is 18.2. The molecule has 132 valence electrons. The Morgan fingerprint density at radius 1 is 1.46 bits per heavy atom. The lowest BCUT2D eigenvalue weighted by molar-refractivity contribution is -0.384. The van der Waals surface area contributed by atoms with E-state index in [0.29, 0.717) is 18.3 Å². The van der Waals surface area contributed by atoms with Crippen molar-refractivity contribution in [2.24, 2.45) is 0 Å². The quantitative estimate of drug-likeness (QED) is 0.464. The molecule has 1 unspecified atom stereocenters. The van der Waals surface area contributed by atoms with Crippen LogP contribution in [0.4, 0.5) is 16.2 Å². The predicted molar refractivity (Wildman–Crippen MR) is 94.6 cm³/mol. The van der Waals surface area contributed by atoms with Gasteiger partial charge < -0.3 is 15.5 Å². The van der Waals surface area contributed by atoms with E-state index in [-0.39, 0.29) is 16.7 Å². The number of urea groups is 1. The first-order valence-electron chi connectivity index (χ1n) is 8.20. The number of carbonyl (C=O) groups excluding carboxylic acids is 1. The molecule has 1 atom stereocenters. The SMILES string of the molecule is CC1CCCCN1CCCNC(=O)Nc1ccc(Cl)c([N+](=O)[O-])c1. The molecule has 2 rings (SSSR count). The number of rotatable bonds is 6. The molecule has 1 saturated heterocycles. The minimum Gasteiger partial charge on any atom is -0.338 e. The van der Waals surface area contributed by atoms with Crippen molar-refractivity contribution in [3.05, 3.63) is 33.3 Å². The van der Waals surface area contributed by atoms with E-state index >= 15 is 0 Å². The van der Waals surface area contributed by atoms with Crippen LogP contribution in [0.1, 0.15) is 32.6 Å². The highest BCUT2D eigenvalue weighted by molar-refractivity contribution is 6.32. The molecule has 2 amide bonds. The lowest BCUT2D eigenvalue weighted by Crippen LogP contribution is -2.39. The number of likely N-dealkylation sites (tertiary alicyclic amines) is 1. The summed E-state index contributed by atoms with van der Waals surface area (Å²) in [5, 5.41) is 16.2. The zero-order valence-corrected chi connectivity index (χ0v) is 14.5. The molecule has 1 aliphatic heterocycles. The van der Waals surface area contributed by atoms with Crippen LogP contribution in [0.2, 0.25) is 5.02 Å². The maximum Gasteiger partial charge on any atom is 0.319 e. The Bertz CT molecular complexity index is 597. The Morgan fingerprint density at radius 2 is 2.25 bits per heavy atom. The van der Waals surface area contributed by atoms with E-state index in [1.807, 2.05) is 0 Å². The molecule has 0 spiro atoms. The fraction of sp³-hybridized carbons (Fsp3) is 0.562. The number of anilines is 1. The van der Waals surface area contributed by atoms with Crippen molar-refractivity contribution in [1.82, 2.24) is 10.2 Å². The van der Waals surface area contributed by atoms with Gasteiger partial charge in [0.2, 0.25) is 0 Å². The summed E-state index contributed by atoms with van der Waals surface area (Å²) in [6.07, 6.45) is 4.65. The van der Waals surface area contributed by atoms with E-state index in [0.717, 1.165) is 19.5 Å². The highest BCUT2D eigenvalue weighted by atomic mass is 35.5. The average Bonchev–Trinajstić information content (AvgIpc) is 2.54. The van der Waals surface area contributed by atoms with Gasteiger partial charge in [-0.3, -0.25) is 10.1 Å². The molecule has 2 N–H and O–H groups in total. The first-order chi connectivity index (χ1) is 11.5. The second-order valence-electron chi connectivity index (χ2n) is 6.04. The van der Waals surface area contributed by atoms with Gasteiger partial charge in [0.1, 0.15) is 5.02 Å². The Balaban J connectivity index is 1.73. The molecule has 1 aliphatic rings. The van der Waals surface area contributed by atoms with Crippen molar-refractivity contribution in [3.8, 4) is 0 Å². The number of hydrogen-bond donors (Lipinski definition) is 2. The van der Waals surface area contributed by atoms with Gasteiger partial charge in [-0.15, -0.1) is 0 Å². The minimum absolute atomic E-state index is 0.0432. The first kappa shape index (κ1) is 18.5. The number of amides is 2. The van der Waals surface area contributed by atoms with Crippen LogP contribution < -0.4 is 10.6 Å². The summed E-state index contributed by atoms with van der Waals surface area (Å²) in [7, 11) is 0. The molecule has 7 nitrogen and oxygen atoms in total. The molecular formula is C16H23ClN4O3. The largest absolute Gasteiger partial charge is 0.338 e. The number of nitro groups is 1. The molecule has 0 aromatic heterocycles. The highest BCUT2D eigenvalue weighted by Gasteiger charge is 2.17. The second kappa shape index (κ2) is 8.84. The van der Waals surface area contributed by atoms with Crippen molar-refractivity contribution in [2.45, 2.75) is 38.6 Å². The zero-order valence-electron chi connectivity index (χ0n) is 13.8. The molecule has 1 heterocycles. The summed E-state index contributed by atoms with van der Waals surface area (Å²) in [6, 6.07) is 4.41. The topological polar surface area (TPSA) is 87.5 Å². The van der Waals surface area contributed by atoms with Gasteiger partial charge in [-0.2, -0.15) is 0 Å². The monoisotopic (exact) mass is 354 g/mol. The smallest absolute Gasteiger partial charge is 0.319 e. The maximum absolute atomic E-state index is 11.9. The highest BCUT2D eigenvalue weighted by Crippen LogP contribution is 2.27. The van der Waals surface area contributed by atoms with Gasteiger partial charge >= 0.3 is 6.03 Å². The molecule has 1 fully saturated rings. The third-order valence-corrected chi connectivity index (χ3v) is 4.57. The standard InChI is InChI=1S/C16H23ClN4O3/c1-12-5-2-3-9-20(12)10-4-8-18-16(22)19-13-6-7-14(17)15(11-13)21(23)24/h6-7,11-12H,2-5,8-10H2,1H3,(H2,18,19,22). The Hall–Kier alpha value is -1.86. The van der Waals surface area contributed by atoms with Crippen LogP contribution in [0.25, 0.3) is 0 Å². The predicted octanol–water partition coefficient (Wildman–Crippen LogP) is 3.63. The number of hydrogen-bond acceptors (Lipinski definition) is 4. The molecular weight excluding hydrogens is 332 g/mol. The second-order valence-corrected chi connectivity index (χ2v) is 6.45. The molecule has 1 aromatic carbocycles. The van der Waals surface area contributed by atoms with Gasteiger partial charge in [-0.25, -0.2) is 4.79 Å². The zero-order chi connectivity index (χ0) is 17.5. The van der Waals surface area contributed by atoms with Crippen molar-refractivity contribution in [3.63, 3.8) is 0 Å². The first-order valence-corrected chi connectivity index (χ1v) is 8.58. The van der Waals surface area contributed by atoms with Gasteiger partial charge in [-0.05, 0) is 44.9 Å². The van der Waals surface area contributed by atoms with Crippen LogP contribution in [0.5, 0.6) is 0 Å². The number of nitrogens with zero attached hydrogens (tertiary/aromatic N) is 2. The third-order valence-electron chi connectivity index (χ3n) is 4.25. The van der Waals surface area contributed by atoms with E-state index in [1.165, 1.54) is 37.5 Å². The van der Waals surface area contributed by atoms with Crippen molar-refractivity contribution < 1.29 is 9.72 Å². The number of halogens is 1. The Labute approximate surface area is 146 Å². The van der Waals surface area contributed by atoms with Crippen LogP contribution in [0, 0.1) is 10.1 Å². The van der Waals surface area contributed by atoms with Crippen molar-refractivity contribution in [1.29, 1.82) is 0 Å². The number of nitrogens with one attached hydrogen (secondary N) is 2.